The fraction of sp³-hybridized carbons (Fsp3) is 0.711. The molecular formula is C83H142O17P2. The number of aliphatic hydroxyl groups excluding tert-OH is 1. The first-order valence-corrected chi connectivity index (χ1v) is 42.8. The molecule has 0 saturated heterocycles. The highest BCUT2D eigenvalue weighted by atomic mass is 31.2. The van der Waals surface area contributed by atoms with Gasteiger partial charge in [0.15, 0.2) is 12.2 Å². The number of carbonyl (C=O) groups is 4. The van der Waals surface area contributed by atoms with E-state index in [1.54, 1.807) is 0 Å². The van der Waals surface area contributed by atoms with Crippen molar-refractivity contribution in [2.24, 2.45) is 0 Å². The summed E-state index contributed by atoms with van der Waals surface area (Å²) in [5.74, 6) is -2.22. The number of hydrogen-bond acceptors (Lipinski definition) is 15. The third-order valence-electron chi connectivity index (χ3n) is 16.4. The van der Waals surface area contributed by atoms with Crippen LogP contribution in [0.4, 0.5) is 0 Å². The molecule has 586 valence electrons. The third kappa shape index (κ3) is 73.8. The Kier molecular flexibility index (Phi) is 71.4. The fourth-order valence-electron chi connectivity index (χ4n) is 10.4. The Morgan fingerprint density at radius 1 is 0.284 bits per heavy atom. The summed E-state index contributed by atoms with van der Waals surface area (Å²) < 4.78 is 68.5. The summed E-state index contributed by atoms with van der Waals surface area (Å²) in [5, 5.41) is 10.6. The molecule has 0 bridgehead atoms. The molecule has 0 aromatic carbocycles. The molecule has 0 saturated carbocycles. The van der Waals surface area contributed by atoms with Gasteiger partial charge in [-0.2, -0.15) is 0 Å². The molecule has 0 amide bonds. The van der Waals surface area contributed by atoms with Crippen molar-refractivity contribution in [1.29, 1.82) is 0 Å². The highest BCUT2D eigenvalue weighted by Gasteiger charge is 2.30. The van der Waals surface area contributed by atoms with Gasteiger partial charge in [0.1, 0.15) is 19.3 Å². The van der Waals surface area contributed by atoms with Gasteiger partial charge in [0, 0.05) is 25.7 Å². The maximum atomic E-state index is 13.1. The van der Waals surface area contributed by atoms with Crippen LogP contribution < -0.4 is 0 Å². The Bertz CT molecular complexity index is 2410. The molecule has 0 aliphatic rings. The largest absolute Gasteiger partial charge is 0.472 e. The molecule has 0 heterocycles. The van der Waals surface area contributed by atoms with Gasteiger partial charge >= 0.3 is 39.5 Å². The monoisotopic (exact) mass is 1470 g/mol. The number of allylic oxidation sites excluding steroid dienone is 20. The lowest BCUT2D eigenvalue weighted by Gasteiger charge is -2.21. The van der Waals surface area contributed by atoms with Crippen LogP contribution in [0.2, 0.25) is 0 Å². The van der Waals surface area contributed by atoms with Crippen molar-refractivity contribution in [3.05, 3.63) is 122 Å². The van der Waals surface area contributed by atoms with Crippen LogP contribution >= 0.6 is 15.6 Å². The van der Waals surface area contributed by atoms with Gasteiger partial charge < -0.3 is 33.8 Å². The predicted molar refractivity (Wildman–Crippen MR) is 418 cm³/mol. The van der Waals surface area contributed by atoms with E-state index in [1.165, 1.54) is 57.8 Å². The molecule has 0 aliphatic carbocycles. The zero-order chi connectivity index (χ0) is 74.6. The zero-order valence-electron chi connectivity index (χ0n) is 64.0. The highest BCUT2D eigenvalue weighted by Crippen LogP contribution is 2.45. The molecule has 0 spiro atoms. The van der Waals surface area contributed by atoms with E-state index in [-0.39, 0.29) is 25.7 Å². The summed E-state index contributed by atoms with van der Waals surface area (Å²) in [6.07, 6.45) is 81.8. The Morgan fingerprint density at radius 3 is 0.804 bits per heavy atom. The predicted octanol–water partition coefficient (Wildman–Crippen LogP) is 23.1. The summed E-state index contributed by atoms with van der Waals surface area (Å²) >= 11 is 0. The molecule has 17 nitrogen and oxygen atoms in total. The SMILES string of the molecule is CC/C=C\C/C=C\C/C=C\C/C=C\CCCCCCCCC(=O)OCC(COP(=O)(O)OCC(O)COP(=O)(O)OCC(COC(=O)CCCCCC/C=C\C/C=C\C/C=C\C/C=C\CC)OC(=O)CCCCCCCCCCCCC)OC(=O)CCCCCCC/C=C\C/C=C\CCCCC. The van der Waals surface area contributed by atoms with Crippen LogP contribution in [0.5, 0.6) is 0 Å². The minimum absolute atomic E-state index is 0.0737. The number of phosphoric ester groups is 2. The van der Waals surface area contributed by atoms with E-state index in [0.717, 1.165) is 186 Å². The molecule has 102 heavy (non-hydrogen) atoms. The van der Waals surface area contributed by atoms with Crippen LogP contribution in [0.3, 0.4) is 0 Å². The van der Waals surface area contributed by atoms with Gasteiger partial charge in [-0.3, -0.25) is 37.3 Å². The second kappa shape index (κ2) is 74.7. The number of rotatable bonds is 74. The molecule has 0 radical (unpaired) electrons. The Hall–Kier alpha value is -4.54. The van der Waals surface area contributed by atoms with E-state index in [0.29, 0.717) is 25.7 Å². The van der Waals surface area contributed by atoms with Crippen LogP contribution in [0.25, 0.3) is 0 Å². The smallest absolute Gasteiger partial charge is 0.462 e. The number of phosphoric acid groups is 2. The van der Waals surface area contributed by atoms with Crippen molar-refractivity contribution in [1.82, 2.24) is 0 Å². The first kappa shape index (κ1) is 97.5. The number of unbranched alkanes of at least 4 members (excludes halogenated alkanes) is 28. The number of hydrogen-bond donors (Lipinski definition) is 3. The lowest BCUT2D eigenvalue weighted by molar-refractivity contribution is -0.161. The lowest BCUT2D eigenvalue weighted by Crippen LogP contribution is -2.30. The zero-order valence-corrected chi connectivity index (χ0v) is 65.8. The number of carbonyl (C=O) groups excluding carboxylic acids is 4. The van der Waals surface area contributed by atoms with Crippen LogP contribution in [-0.4, -0.2) is 96.7 Å². The summed E-state index contributed by atoms with van der Waals surface area (Å²) in [6.45, 7) is 4.58. The van der Waals surface area contributed by atoms with E-state index in [4.69, 9.17) is 37.0 Å². The normalized spacial score (nSPS) is 14.5. The summed E-state index contributed by atoms with van der Waals surface area (Å²) in [4.78, 5) is 73.0. The minimum atomic E-state index is -4.99. The van der Waals surface area contributed by atoms with Gasteiger partial charge in [-0.1, -0.05) is 284 Å². The molecule has 0 aromatic rings. The third-order valence-corrected chi connectivity index (χ3v) is 18.3. The summed E-state index contributed by atoms with van der Waals surface area (Å²) in [5.41, 5.74) is 0. The number of ether oxygens (including phenoxy) is 4. The van der Waals surface area contributed by atoms with Crippen LogP contribution in [0.1, 0.15) is 323 Å². The second-order valence-electron chi connectivity index (χ2n) is 26.2. The molecule has 0 aliphatic heterocycles. The molecular weight excluding hydrogens is 1330 g/mol. The first-order valence-electron chi connectivity index (χ1n) is 39.8. The average Bonchev–Trinajstić information content (AvgIpc) is 0.939. The number of esters is 4. The van der Waals surface area contributed by atoms with Gasteiger partial charge in [0.25, 0.3) is 0 Å². The summed E-state index contributed by atoms with van der Waals surface area (Å²) in [6, 6.07) is 0. The molecule has 3 N–H and O–H groups in total. The minimum Gasteiger partial charge on any atom is -0.462 e. The van der Waals surface area contributed by atoms with E-state index >= 15 is 0 Å². The van der Waals surface area contributed by atoms with E-state index in [9.17, 15) is 43.2 Å². The Balaban J connectivity index is 5.36. The van der Waals surface area contributed by atoms with Crippen LogP contribution in [0.15, 0.2) is 122 Å². The molecule has 19 heteroatoms. The first-order chi connectivity index (χ1) is 49.7. The van der Waals surface area contributed by atoms with E-state index in [1.807, 2.05) is 0 Å². The van der Waals surface area contributed by atoms with Crippen LogP contribution in [-0.2, 0) is 65.4 Å². The molecule has 0 aromatic heterocycles. The topological polar surface area (TPSA) is 237 Å². The molecule has 0 rings (SSSR count). The number of aliphatic hydroxyl groups is 1. The lowest BCUT2D eigenvalue weighted by atomic mass is 10.1. The maximum Gasteiger partial charge on any atom is 0.472 e. The van der Waals surface area contributed by atoms with Crippen molar-refractivity contribution >= 4 is 39.5 Å². The van der Waals surface area contributed by atoms with Crippen molar-refractivity contribution in [2.75, 3.05) is 39.6 Å². The maximum absolute atomic E-state index is 13.1. The van der Waals surface area contributed by atoms with Gasteiger partial charge in [0.05, 0.1) is 26.4 Å². The van der Waals surface area contributed by atoms with Gasteiger partial charge in [-0.15, -0.1) is 0 Å². The van der Waals surface area contributed by atoms with Crippen molar-refractivity contribution in [2.45, 2.75) is 341 Å². The van der Waals surface area contributed by atoms with E-state index in [2.05, 4.69) is 149 Å². The van der Waals surface area contributed by atoms with Gasteiger partial charge in [0.2, 0.25) is 0 Å². The molecule has 5 atom stereocenters. The Morgan fingerprint density at radius 2 is 0.510 bits per heavy atom. The fourth-order valence-corrected chi connectivity index (χ4v) is 12.0. The highest BCUT2D eigenvalue weighted by molar-refractivity contribution is 7.47. The van der Waals surface area contributed by atoms with Crippen LogP contribution in [0, 0.1) is 0 Å². The van der Waals surface area contributed by atoms with Gasteiger partial charge in [-0.25, -0.2) is 9.13 Å². The summed E-state index contributed by atoms with van der Waals surface area (Å²) in [7, 11) is -9.97. The van der Waals surface area contributed by atoms with Crippen molar-refractivity contribution < 1.29 is 80.2 Å². The Labute approximate surface area is 619 Å². The van der Waals surface area contributed by atoms with Crippen molar-refractivity contribution in [3.8, 4) is 0 Å². The van der Waals surface area contributed by atoms with Crippen molar-refractivity contribution in [3.63, 3.8) is 0 Å². The average molecular weight is 1470 g/mol. The van der Waals surface area contributed by atoms with E-state index < -0.39 is 97.5 Å². The quantitative estimate of drug-likeness (QED) is 0.0169. The standard InChI is InChI=1S/C83H142O17P2/c1-5-9-13-17-21-25-29-32-35-37-38-40-43-45-49-52-56-60-64-68-81(86)94-74-79(100-83(88)70-66-62-58-54-50-46-41-34-31-27-23-19-15-11-7-3)76-98-102(91,92)96-72-77(84)71-95-101(89,90)97-75-78(99-82(87)69-65-61-57-53-47-28-24-20-16-12-8-4)73-93-80(85)67-63-59-55-51-48-44-42-39-36-33-30-26-22-18-14-10-6-2/h9-10,13-14,21-23,25-27,32-36,38,40-42,44,77-79,84H,5-8,11-12,15-20,24,28-31,37,39,43,45-76H2,1-4H3,(H,89,90)(H,91,92)/b13-9-,14-10-,25-21-,26-22-,27-23-,35-32-,36-33-,40-38-,41-34-,44-42-. The molecule has 5 unspecified atom stereocenters. The second-order valence-corrected chi connectivity index (χ2v) is 29.2. The van der Waals surface area contributed by atoms with Gasteiger partial charge in [-0.05, 0) is 135 Å². The molecule has 0 fully saturated rings.